The molecule has 92 valence electrons. The van der Waals surface area contributed by atoms with Gasteiger partial charge < -0.3 is 5.32 Å². The zero-order valence-corrected chi connectivity index (χ0v) is 10.5. The molecule has 0 aromatic heterocycles. The number of hydrogen-bond acceptors (Lipinski definition) is 2. The Morgan fingerprint density at radius 3 is 2.35 bits per heavy atom. The van der Waals surface area contributed by atoms with E-state index < -0.39 is 17.3 Å². The SMILES string of the molecule is CCc1ccc(NC(=O)NC(=O)C(C)Cl)cc1. The summed E-state index contributed by atoms with van der Waals surface area (Å²) in [5.41, 5.74) is 1.82. The molecule has 1 aromatic carbocycles. The van der Waals surface area contributed by atoms with E-state index in [4.69, 9.17) is 11.6 Å². The first-order valence-electron chi connectivity index (χ1n) is 5.37. The molecular weight excluding hydrogens is 240 g/mol. The van der Waals surface area contributed by atoms with Gasteiger partial charge in [-0.2, -0.15) is 0 Å². The van der Waals surface area contributed by atoms with E-state index >= 15 is 0 Å². The third-order valence-corrected chi connectivity index (χ3v) is 2.42. The second-order valence-electron chi connectivity index (χ2n) is 3.61. The van der Waals surface area contributed by atoms with Crippen molar-refractivity contribution in [3.05, 3.63) is 29.8 Å². The Bertz CT molecular complexity index is 401. The van der Waals surface area contributed by atoms with Crippen molar-refractivity contribution in [2.75, 3.05) is 5.32 Å². The van der Waals surface area contributed by atoms with E-state index in [0.717, 1.165) is 6.42 Å². The predicted octanol–water partition coefficient (Wildman–Crippen LogP) is 2.52. The van der Waals surface area contributed by atoms with E-state index in [1.165, 1.54) is 12.5 Å². The summed E-state index contributed by atoms with van der Waals surface area (Å²) in [7, 11) is 0. The van der Waals surface area contributed by atoms with Gasteiger partial charge in [0.05, 0.1) is 0 Å². The molecule has 4 nitrogen and oxygen atoms in total. The number of hydrogen-bond donors (Lipinski definition) is 2. The number of urea groups is 1. The Morgan fingerprint density at radius 1 is 1.29 bits per heavy atom. The second kappa shape index (κ2) is 6.25. The lowest BCUT2D eigenvalue weighted by Gasteiger charge is -2.07. The smallest absolute Gasteiger partial charge is 0.308 e. The summed E-state index contributed by atoms with van der Waals surface area (Å²) >= 11 is 5.52. The van der Waals surface area contributed by atoms with Gasteiger partial charge in [0.2, 0.25) is 5.91 Å². The molecule has 0 radical (unpaired) electrons. The maximum absolute atomic E-state index is 11.4. The maximum Gasteiger partial charge on any atom is 0.325 e. The highest BCUT2D eigenvalue weighted by molar-refractivity contribution is 6.31. The number of amides is 3. The molecule has 0 aliphatic rings. The molecule has 0 heterocycles. The van der Waals surface area contributed by atoms with Crippen LogP contribution in [0.5, 0.6) is 0 Å². The fraction of sp³-hybridized carbons (Fsp3) is 0.333. The fourth-order valence-electron chi connectivity index (χ4n) is 1.20. The molecule has 17 heavy (non-hydrogen) atoms. The number of benzene rings is 1. The van der Waals surface area contributed by atoms with Gasteiger partial charge in [-0.15, -0.1) is 11.6 Å². The summed E-state index contributed by atoms with van der Waals surface area (Å²) in [5, 5.41) is 3.95. The van der Waals surface area contributed by atoms with Gasteiger partial charge in [0.15, 0.2) is 0 Å². The first-order chi connectivity index (χ1) is 8.02. The van der Waals surface area contributed by atoms with Gasteiger partial charge in [0, 0.05) is 5.69 Å². The van der Waals surface area contributed by atoms with Crippen molar-refractivity contribution in [3.8, 4) is 0 Å². The fourth-order valence-corrected chi connectivity index (χ4v) is 1.25. The Labute approximate surface area is 105 Å². The van der Waals surface area contributed by atoms with Crippen LogP contribution in [0, 0.1) is 0 Å². The number of halogens is 1. The number of rotatable bonds is 3. The molecule has 1 unspecified atom stereocenters. The van der Waals surface area contributed by atoms with Crippen LogP contribution < -0.4 is 10.6 Å². The Kier molecular flexibility index (Phi) is 4.97. The van der Waals surface area contributed by atoms with Crippen LogP contribution in [-0.4, -0.2) is 17.3 Å². The van der Waals surface area contributed by atoms with E-state index in [0.29, 0.717) is 5.69 Å². The summed E-state index contributed by atoms with van der Waals surface area (Å²) in [6.07, 6.45) is 0.939. The molecular formula is C12H15ClN2O2. The second-order valence-corrected chi connectivity index (χ2v) is 4.26. The largest absolute Gasteiger partial charge is 0.325 e. The number of carbonyl (C=O) groups excluding carboxylic acids is 2. The van der Waals surface area contributed by atoms with Gasteiger partial charge in [-0.3, -0.25) is 10.1 Å². The predicted molar refractivity (Wildman–Crippen MR) is 68.3 cm³/mol. The summed E-state index contributed by atoms with van der Waals surface area (Å²) in [6, 6.07) is 6.83. The van der Waals surface area contributed by atoms with Gasteiger partial charge in [-0.1, -0.05) is 19.1 Å². The van der Waals surface area contributed by atoms with Crippen LogP contribution in [0.1, 0.15) is 19.4 Å². The van der Waals surface area contributed by atoms with Crippen molar-refractivity contribution in [2.24, 2.45) is 0 Å². The lowest BCUT2D eigenvalue weighted by molar-refractivity contribution is -0.119. The number of alkyl halides is 1. The minimum Gasteiger partial charge on any atom is -0.308 e. The zero-order valence-electron chi connectivity index (χ0n) is 9.79. The average molecular weight is 255 g/mol. The first-order valence-corrected chi connectivity index (χ1v) is 5.81. The van der Waals surface area contributed by atoms with E-state index in [-0.39, 0.29) is 0 Å². The van der Waals surface area contributed by atoms with Crippen molar-refractivity contribution in [3.63, 3.8) is 0 Å². The minimum absolute atomic E-state index is 0.519. The van der Waals surface area contributed by atoms with Crippen molar-refractivity contribution in [2.45, 2.75) is 25.6 Å². The summed E-state index contributed by atoms with van der Waals surface area (Å²) in [5.74, 6) is -0.519. The van der Waals surface area contributed by atoms with Crippen molar-refractivity contribution < 1.29 is 9.59 Å². The summed E-state index contributed by atoms with van der Waals surface area (Å²) in [6.45, 7) is 3.55. The number of aryl methyl sites for hydroxylation is 1. The quantitative estimate of drug-likeness (QED) is 0.815. The molecule has 1 aromatic rings. The molecule has 2 N–H and O–H groups in total. The lowest BCUT2D eigenvalue weighted by atomic mass is 10.1. The molecule has 0 saturated heterocycles. The van der Waals surface area contributed by atoms with Crippen LogP contribution in [0.4, 0.5) is 10.5 Å². The zero-order chi connectivity index (χ0) is 12.8. The van der Waals surface area contributed by atoms with E-state index in [1.54, 1.807) is 12.1 Å². The van der Waals surface area contributed by atoms with Crippen molar-refractivity contribution in [1.82, 2.24) is 5.32 Å². The maximum atomic E-state index is 11.4. The van der Waals surface area contributed by atoms with Crippen LogP contribution in [-0.2, 0) is 11.2 Å². The molecule has 1 atom stereocenters. The van der Waals surface area contributed by atoms with Crippen LogP contribution in [0.15, 0.2) is 24.3 Å². The Balaban J connectivity index is 2.53. The van der Waals surface area contributed by atoms with Crippen molar-refractivity contribution in [1.29, 1.82) is 0 Å². The number of anilines is 1. The molecule has 0 bridgehead atoms. The summed E-state index contributed by atoms with van der Waals surface area (Å²) < 4.78 is 0. The van der Waals surface area contributed by atoms with Crippen molar-refractivity contribution >= 4 is 29.2 Å². The van der Waals surface area contributed by atoms with Gasteiger partial charge in [0.1, 0.15) is 5.38 Å². The van der Waals surface area contributed by atoms with E-state index in [9.17, 15) is 9.59 Å². The topological polar surface area (TPSA) is 58.2 Å². The van der Waals surface area contributed by atoms with E-state index in [2.05, 4.69) is 17.6 Å². The Hall–Kier alpha value is -1.55. The number of imide groups is 1. The van der Waals surface area contributed by atoms with Gasteiger partial charge in [0.25, 0.3) is 0 Å². The van der Waals surface area contributed by atoms with E-state index in [1.807, 2.05) is 12.1 Å². The van der Waals surface area contributed by atoms with Crippen LogP contribution >= 0.6 is 11.6 Å². The van der Waals surface area contributed by atoms with Gasteiger partial charge in [-0.25, -0.2) is 4.79 Å². The monoisotopic (exact) mass is 254 g/mol. The first kappa shape index (κ1) is 13.5. The van der Waals surface area contributed by atoms with Crippen LogP contribution in [0.2, 0.25) is 0 Å². The lowest BCUT2D eigenvalue weighted by Crippen LogP contribution is -2.38. The summed E-state index contributed by atoms with van der Waals surface area (Å²) in [4.78, 5) is 22.5. The normalized spacial score (nSPS) is 11.7. The third-order valence-electron chi connectivity index (χ3n) is 2.22. The van der Waals surface area contributed by atoms with Gasteiger partial charge >= 0.3 is 6.03 Å². The third kappa shape index (κ3) is 4.44. The number of nitrogens with one attached hydrogen (secondary N) is 2. The molecule has 0 aliphatic heterocycles. The molecule has 0 spiro atoms. The Morgan fingerprint density at radius 2 is 1.88 bits per heavy atom. The molecule has 5 heteroatoms. The molecule has 0 aliphatic carbocycles. The standard InChI is InChI=1S/C12H15ClN2O2/c1-3-9-4-6-10(7-5-9)14-12(17)15-11(16)8(2)13/h4-8H,3H2,1-2H3,(H2,14,15,16,17). The molecule has 1 rings (SSSR count). The number of carbonyl (C=O) groups is 2. The molecule has 0 saturated carbocycles. The van der Waals surface area contributed by atoms with Crippen LogP contribution in [0.25, 0.3) is 0 Å². The minimum atomic E-state index is -0.733. The highest BCUT2D eigenvalue weighted by Gasteiger charge is 2.12. The molecule has 3 amide bonds. The highest BCUT2D eigenvalue weighted by Crippen LogP contribution is 2.09. The highest BCUT2D eigenvalue weighted by atomic mass is 35.5. The van der Waals surface area contributed by atoms with Crippen LogP contribution in [0.3, 0.4) is 0 Å². The average Bonchev–Trinajstić information content (AvgIpc) is 2.29. The van der Waals surface area contributed by atoms with Gasteiger partial charge in [-0.05, 0) is 31.0 Å². The molecule has 0 fully saturated rings.